The van der Waals surface area contributed by atoms with Crippen molar-refractivity contribution in [2.75, 3.05) is 13.2 Å². The van der Waals surface area contributed by atoms with Crippen molar-refractivity contribution in [2.24, 2.45) is 0 Å². The highest BCUT2D eigenvalue weighted by atomic mass is 16.5. The van der Waals surface area contributed by atoms with Gasteiger partial charge in [-0.2, -0.15) is 0 Å². The van der Waals surface area contributed by atoms with Crippen molar-refractivity contribution < 1.29 is 14.3 Å². The quantitative estimate of drug-likeness (QED) is 0.548. The number of hydrogen-bond acceptors (Lipinski definition) is 3. The van der Waals surface area contributed by atoms with E-state index in [2.05, 4.69) is 6.92 Å². The van der Waals surface area contributed by atoms with Crippen LogP contribution in [0.2, 0.25) is 0 Å². The third-order valence-electron chi connectivity index (χ3n) is 3.36. The van der Waals surface area contributed by atoms with E-state index in [4.69, 9.17) is 9.47 Å². The van der Waals surface area contributed by atoms with Gasteiger partial charge in [-0.25, -0.2) is 0 Å². The zero-order valence-electron chi connectivity index (χ0n) is 12.8. The molecular weight excluding hydrogens is 266 g/mol. The van der Waals surface area contributed by atoms with E-state index < -0.39 is 0 Å². The minimum Gasteiger partial charge on any atom is -0.494 e. The molecule has 0 unspecified atom stereocenters. The van der Waals surface area contributed by atoms with Gasteiger partial charge in [-0.05, 0) is 37.6 Å². The van der Waals surface area contributed by atoms with Gasteiger partial charge >= 0.3 is 5.97 Å². The van der Waals surface area contributed by atoms with Gasteiger partial charge in [0.25, 0.3) is 0 Å². The summed E-state index contributed by atoms with van der Waals surface area (Å²) in [6, 6.07) is 7.88. The molecule has 4 nitrogen and oxygen atoms in total. The van der Waals surface area contributed by atoms with Crippen LogP contribution < -0.4 is 4.74 Å². The maximum Gasteiger partial charge on any atom is 0.325 e. The summed E-state index contributed by atoms with van der Waals surface area (Å²) in [6.45, 7) is 5.51. The average molecular weight is 289 g/mol. The van der Waals surface area contributed by atoms with Gasteiger partial charge in [0.1, 0.15) is 12.3 Å². The van der Waals surface area contributed by atoms with Gasteiger partial charge in [-0.1, -0.05) is 19.8 Å². The molecule has 0 amide bonds. The second kappa shape index (κ2) is 7.72. The Labute approximate surface area is 125 Å². The van der Waals surface area contributed by atoms with Crippen molar-refractivity contribution in [2.45, 2.75) is 39.7 Å². The highest BCUT2D eigenvalue weighted by Crippen LogP contribution is 2.22. The third kappa shape index (κ3) is 4.25. The van der Waals surface area contributed by atoms with Gasteiger partial charge in [0.2, 0.25) is 0 Å². The Balaban J connectivity index is 1.97. The van der Waals surface area contributed by atoms with Crippen molar-refractivity contribution in [3.8, 4) is 5.75 Å². The molecule has 0 saturated carbocycles. The topological polar surface area (TPSA) is 40.5 Å². The van der Waals surface area contributed by atoms with Crippen LogP contribution in [0.5, 0.6) is 5.75 Å². The molecule has 0 aliphatic rings. The standard InChI is InChI=1S/C17H23NO3/c1-3-5-6-11-21-17(19)13-18-10-9-14-12-15(20-4-2)7-8-16(14)18/h7-10,12H,3-6,11,13H2,1-2H3. The van der Waals surface area contributed by atoms with Gasteiger partial charge in [0.05, 0.1) is 13.2 Å². The second-order valence-electron chi connectivity index (χ2n) is 5.02. The van der Waals surface area contributed by atoms with E-state index in [1.54, 1.807) is 0 Å². The lowest BCUT2D eigenvalue weighted by Gasteiger charge is -2.07. The molecule has 0 bridgehead atoms. The molecular formula is C17H23NO3. The van der Waals surface area contributed by atoms with E-state index in [1.165, 1.54) is 0 Å². The number of carbonyl (C=O) groups excluding carboxylic acids is 1. The highest BCUT2D eigenvalue weighted by molar-refractivity contribution is 5.83. The van der Waals surface area contributed by atoms with Gasteiger partial charge in [0, 0.05) is 17.1 Å². The molecule has 0 aliphatic carbocycles. The van der Waals surface area contributed by atoms with E-state index in [0.717, 1.165) is 35.9 Å². The van der Waals surface area contributed by atoms with Crippen LogP contribution in [0, 0.1) is 0 Å². The minimum atomic E-state index is -0.183. The Morgan fingerprint density at radius 1 is 1.19 bits per heavy atom. The summed E-state index contributed by atoms with van der Waals surface area (Å²) >= 11 is 0. The molecule has 0 fully saturated rings. The molecule has 0 N–H and O–H groups in total. The van der Waals surface area contributed by atoms with Crippen molar-refractivity contribution in [3.05, 3.63) is 30.5 Å². The predicted molar refractivity (Wildman–Crippen MR) is 83.6 cm³/mol. The Morgan fingerprint density at radius 2 is 2.05 bits per heavy atom. The summed E-state index contributed by atoms with van der Waals surface area (Å²) in [5.74, 6) is 0.669. The van der Waals surface area contributed by atoms with E-state index >= 15 is 0 Å². The van der Waals surface area contributed by atoms with Gasteiger partial charge < -0.3 is 14.0 Å². The lowest BCUT2D eigenvalue weighted by molar-refractivity contribution is -0.144. The SMILES string of the molecule is CCCCCOC(=O)Cn1ccc2cc(OCC)ccc21. The summed E-state index contributed by atoms with van der Waals surface area (Å²) in [5, 5.41) is 1.07. The number of esters is 1. The molecule has 114 valence electrons. The molecule has 0 aliphatic heterocycles. The fourth-order valence-corrected chi connectivity index (χ4v) is 2.30. The molecule has 0 atom stereocenters. The van der Waals surface area contributed by atoms with Crippen LogP contribution in [0.4, 0.5) is 0 Å². The summed E-state index contributed by atoms with van der Waals surface area (Å²) < 4.78 is 12.6. The molecule has 4 heteroatoms. The maximum atomic E-state index is 11.8. The van der Waals surface area contributed by atoms with Crippen LogP contribution >= 0.6 is 0 Å². The number of unbranched alkanes of at least 4 members (excludes halogenated alkanes) is 2. The van der Waals surface area contributed by atoms with Crippen LogP contribution in [0.1, 0.15) is 33.1 Å². The first kappa shape index (κ1) is 15.4. The first-order valence-electron chi connectivity index (χ1n) is 7.62. The van der Waals surface area contributed by atoms with E-state index in [-0.39, 0.29) is 12.5 Å². The van der Waals surface area contributed by atoms with Crippen LogP contribution in [0.25, 0.3) is 10.9 Å². The molecule has 1 aromatic carbocycles. The molecule has 1 heterocycles. The fraction of sp³-hybridized carbons (Fsp3) is 0.471. The number of rotatable bonds is 8. The van der Waals surface area contributed by atoms with Gasteiger partial charge in [-0.3, -0.25) is 4.79 Å². The van der Waals surface area contributed by atoms with Crippen LogP contribution in [-0.2, 0) is 16.1 Å². The van der Waals surface area contributed by atoms with Crippen LogP contribution in [-0.4, -0.2) is 23.8 Å². The zero-order valence-corrected chi connectivity index (χ0v) is 12.8. The third-order valence-corrected chi connectivity index (χ3v) is 3.36. The van der Waals surface area contributed by atoms with Crippen LogP contribution in [0.15, 0.2) is 30.5 Å². The lowest BCUT2D eigenvalue weighted by Crippen LogP contribution is -2.13. The molecule has 21 heavy (non-hydrogen) atoms. The normalized spacial score (nSPS) is 10.8. The number of ether oxygens (including phenoxy) is 2. The Bertz CT molecular complexity index is 589. The number of hydrogen-bond donors (Lipinski definition) is 0. The van der Waals surface area contributed by atoms with Crippen molar-refractivity contribution in [1.82, 2.24) is 4.57 Å². The van der Waals surface area contributed by atoms with Crippen molar-refractivity contribution >= 4 is 16.9 Å². The summed E-state index contributed by atoms with van der Waals surface area (Å²) in [5.41, 5.74) is 1.02. The second-order valence-corrected chi connectivity index (χ2v) is 5.02. The Morgan fingerprint density at radius 3 is 2.81 bits per heavy atom. The van der Waals surface area contributed by atoms with Gasteiger partial charge in [-0.15, -0.1) is 0 Å². The van der Waals surface area contributed by atoms with E-state index in [0.29, 0.717) is 13.2 Å². The number of benzene rings is 1. The van der Waals surface area contributed by atoms with E-state index in [9.17, 15) is 4.79 Å². The molecule has 0 radical (unpaired) electrons. The number of nitrogens with zero attached hydrogens (tertiary/aromatic N) is 1. The molecule has 1 aromatic heterocycles. The monoisotopic (exact) mass is 289 g/mol. The maximum absolute atomic E-state index is 11.8. The number of fused-ring (bicyclic) bond motifs is 1. The first-order valence-corrected chi connectivity index (χ1v) is 7.62. The number of aromatic nitrogens is 1. The van der Waals surface area contributed by atoms with Crippen molar-refractivity contribution in [1.29, 1.82) is 0 Å². The lowest BCUT2D eigenvalue weighted by atomic mass is 10.2. The minimum absolute atomic E-state index is 0.183. The van der Waals surface area contributed by atoms with Crippen molar-refractivity contribution in [3.63, 3.8) is 0 Å². The van der Waals surface area contributed by atoms with Crippen LogP contribution in [0.3, 0.4) is 0 Å². The fourth-order valence-electron chi connectivity index (χ4n) is 2.30. The molecule has 2 aromatic rings. The zero-order chi connectivity index (χ0) is 15.1. The number of carbonyl (C=O) groups is 1. The first-order chi connectivity index (χ1) is 10.2. The smallest absolute Gasteiger partial charge is 0.325 e. The highest BCUT2D eigenvalue weighted by Gasteiger charge is 2.08. The predicted octanol–water partition coefficient (Wildman–Crippen LogP) is 3.77. The summed E-state index contributed by atoms with van der Waals surface area (Å²) in [6.07, 6.45) is 5.07. The average Bonchev–Trinajstić information content (AvgIpc) is 2.86. The Kier molecular flexibility index (Phi) is 5.67. The van der Waals surface area contributed by atoms with E-state index in [1.807, 2.05) is 42.0 Å². The Hall–Kier alpha value is -1.97. The summed E-state index contributed by atoms with van der Waals surface area (Å²) in [7, 11) is 0. The van der Waals surface area contributed by atoms with Gasteiger partial charge in [0.15, 0.2) is 0 Å². The summed E-state index contributed by atoms with van der Waals surface area (Å²) in [4.78, 5) is 11.8. The molecule has 2 rings (SSSR count). The largest absolute Gasteiger partial charge is 0.494 e. The molecule has 0 saturated heterocycles. The molecule has 0 spiro atoms.